The van der Waals surface area contributed by atoms with Crippen LogP contribution in [0.5, 0.6) is 0 Å². The predicted octanol–water partition coefficient (Wildman–Crippen LogP) is 2.58. The van der Waals surface area contributed by atoms with Gasteiger partial charge in [0, 0.05) is 0 Å². The van der Waals surface area contributed by atoms with Gasteiger partial charge >= 0.3 is 13.2 Å². The molecule has 0 aromatic heterocycles. The number of nitrogens with zero attached hydrogens (tertiary/aromatic N) is 1. The molecule has 0 radical (unpaired) electrons. The van der Waals surface area contributed by atoms with E-state index >= 15 is 0 Å². The van der Waals surface area contributed by atoms with Crippen molar-refractivity contribution in [3.8, 4) is 0 Å². The first-order chi connectivity index (χ1) is 7.86. The first kappa shape index (κ1) is 15.6. The van der Waals surface area contributed by atoms with Crippen LogP contribution in [-0.4, -0.2) is 12.1 Å². The van der Waals surface area contributed by atoms with Crippen LogP contribution in [0.3, 0.4) is 0 Å². The van der Waals surface area contributed by atoms with E-state index in [9.17, 15) is 18.1 Å². The number of benzene rings is 1. The quantitative estimate of drug-likeness (QED) is 0.644. The molecule has 1 aromatic carbocycles. The molecule has 0 unspecified atom stereocenters. The highest BCUT2D eigenvalue weighted by Crippen LogP contribution is 2.28. The SMILES string of the molecule is CCC.O=NB(O)c1ccc(C(F)(F)F)cc1. The van der Waals surface area contributed by atoms with Gasteiger partial charge in [-0.2, -0.15) is 18.1 Å². The molecule has 0 spiro atoms. The summed E-state index contributed by atoms with van der Waals surface area (Å²) in [5.41, 5.74) is -0.799. The van der Waals surface area contributed by atoms with Crippen molar-refractivity contribution in [1.82, 2.24) is 0 Å². The van der Waals surface area contributed by atoms with Crippen molar-refractivity contribution in [3.63, 3.8) is 0 Å². The standard InChI is InChI=1S/C7H5BF3NO2.C3H8/c9-7(10,11)5-1-3-6(4-2-5)8(13)12-14;1-3-2/h1-4,13H;3H2,1-2H3. The Morgan fingerprint density at radius 1 is 1.24 bits per heavy atom. The third-order valence-corrected chi connectivity index (χ3v) is 1.64. The fourth-order valence-electron chi connectivity index (χ4n) is 0.905. The summed E-state index contributed by atoms with van der Waals surface area (Å²) in [6, 6.07) is 3.58. The molecule has 1 rings (SSSR count). The highest BCUT2D eigenvalue weighted by atomic mass is 19.4. The van der Waals surface area contributed by atoms with E-state index in [2.05, 4.69) is 18.9 Å². The molecule has 0 amide bonds. The minimum absolute atomic E-state index is 0.0352. The molecule has 0 aliphatic heterocycles. The molecule has 0 bridgehead atoms. The van der Waals surface area contributed by atoms with Gasteiger partial charge < -0.3 is 5.02 Å². The number of hydrogen-bond donors (Lipinski definition) is 1. The van der Waals surface area contributed by atoms with Crippen LogP contribution in [-0.2, 0) is 6.18 Å². The van der Waals surface area contributed by atoms with Gasteiger partial charge in [-0.15, -0.1) is 0 Å². The summed E-state index contributed by atoms with van der Waals surface area (Å²) in [7, 11) is -1.61. The van der Waals surface area contributed by atoms with Gasteiger partial charge in [-0.25, -0.2) is 0 Å². The number of halogens is 3. The second-order valence-corrected chi connectivity index (χ2v) is 3.31. The molecule has 0 aliphatic carbocycles. The monoisotopic (exact) mass is 247 g/mol. The normalized spacial score (nSPS) is 10.2. The second kappa shape index (κ2) is 7.06. The number of hydrogen-bond acceptors (Lipinski definition) is 3. The maximum Gasteiger partial charge on any atom is 0.517 e. The highest BCUT2D eigenvalue weighted by Gasteiger charge is 2.30. The summed E-state index contributed by atoms with van der Waals surface area (Å²) >= 11 is 0. The van der Waals surface area contributed by atoms with Gasteiger partial charge in [0.25, 0.3) is 0 Å². The summed E-state index contributed by atoms with van der Waals surface area (Å²) in [5.74, 6) is 0. The average Bonchev–Trinajstić information content (AvgIpc) is 2.28. The van der Waals surface area contributed by atoms with E-state index in [1.54, 1.807) is 0 Å². The molecule has 94 valence electrons. The van der Waals surface area contributed by atoms with E-state index in [-0.39, 0.29) is 5.46 Å². The second-order valence-electron chi connectivity index (χ2n) is 3.31. The van der Waals surface area contributed by atoms with Crippen molar-refractivity contribution < 1.29 is 18.2 Å². The van der Waals surface area contributed by atoms with E-state index in [1.807, 2.05) is 0 Å². The van der Waals surface area contributed by atoms with Crippen molar-refractivity contribution >= 4 is 12.5 Å². The lowest BCUT2D eigenvalue weighted by atomic mass is 9.76. The fourth-order valence-corrected chi connectivity index (χ4v) is 0.905. The molecule has 7 heteroatoms. The third kappa shape index (κ3) is 5.49. The van der Waals surface area contributed by atoms with Gasteiger partial charge in [0.15, 0.2) is 0 Å². The molecule has 3 nitrogen and oxygen atoms in total. The van der Waals surface area contributed by atoms with Crippen LogP contribution < -0.4 is 5.46 Å². The molecule has 0 saturated heterocycles. The van der Waals surface area contributed by atoms with E-state index < -0.39 is 18.8 Å². The number of nitroso groups, excluding NO2 is 1. The first-order valence-corrected chi connectivity index (χ1v) is 5.04. The molecule has 0 atom stereocenters. The van der Waals surface area contributed by atoms with E-state index in [0.717, 1.165) is 24.3 Å². The van der Waals surface area contributed by atoms with Gasteiger partial charge in [-0.3, -0.25) is 0 Å². The first-order valence-electron chi connectivity index (χ1n) is 5.04. The Hall–Kier alpha value is -1.37. The van der Waals surface area contributed by atoms with Crippen LogP contribution in [0.4, 0.5) is 13.2 Å². The average molecular weight is 247 g/mol. The molecule has 0 fully saturated rings. The van der Waals surface area contributed by atoms with Crippen LogP contribution in [0, 0.1) is 4.91 Å². The Kier molecular flexibility index (Phi) is 6.49. The van der Waals surface area contributed by atoms with Crippen molar-refractivity contribution in [3.05, 3.63) is 34.7 Å². The van der Waals surface area contributed by atoms with Crippen molar-refractivity contribution in [1.29, 1.82) is 0 Å². The summed E-state index contributed by atoms with van der Waals surface area (Å²) in [4.78, 5) is 9.86. The maximum absolute atomic E-state index is 12.1. The lowest BCUT2D eigenvalue weighted by Gasteiger charge is -2.06. The van der Waals surface area contributed by atoms with Gasteiger partial charge in [-0.1, -0.05) is 49.6 Å². The minimum Gasteiger partial charge on any atom is -0.425 e. The molecular weight excluding hydrogens is 234 g/mol. The van der Waals surface area contributed by atoms with E-state index in [1.165, 1.54) is 6.42 Å². The Morgan fingerprint density at radius 2 is 1.65 bits per heavy atom. The molecular formula is C10H13BF3NO2. The van der Waals surface area contributed by atoms with Crippen LogP contribution in [0.25, 0.3) is 0 Å². The van der Waals surface area contributed by atoms with Crippen molar-refractivity contribution in [2.45, 2.75) is 26.4 Å². The Labute approximate surface area is 97.8 Å². The summed E-state index contributed by atoms with van der Waals surface area (Å²) in [5, 5.41) is 11.1. The molecule has 1 N–H and O–H groups in total. The van der Waals surface area contributed by atoms with Crippen molar-refractivity contribution in [2.75, 3.05) is 0 Å². The number of rotatable bonds is 2. The lowest BCUT2D eigenvalue weighted by Crippen LogP contribution is -2.27. The topological polar surface area (TPSA) is 49.7 Å². The predicted molar refractivity (Wildman–Crippen MR) is 60.8 cm³/mol. The van der Waals surface area contributed by atoms with Crippen LogP contribution in [0.2, 0.25) is 0 Å². The van der Waals surface area contributed by atoms with E-state index in [0.29, 0.717) is 0 Å². The maximum atomic E-state index is 12.1. The molecule has 0 heterocycles. The summed E-state index contributed by atoms with van der Waals surface area (Å²) in [6.07, 6.45) is -3.17. The molecule has 0 saturated carbocycles. The highest BCUT2D eigenvalue weighted by molar-refractivity contribution is 6.64. The molecule has 1 aromatic rings. The van der Waals surface area contributed by atoms with Gasteiger partial charge in [0.2, 0.25) is 0 Å². The Morgan fingerprint density at radius 3 is 1.94 bits per heavy atom. The van der Waals surface area contributed by atoms with E-state index in [4.69, 9.17) is 5.02 Å². The zero-order valence-electron chi connectivity index (χ0n) is 9.53. The molecule has 17 heavy (non-hydrogen) atoms. The Bertz CT molecular complexity index is 340. The van der Waals surface area contributed by atoms with Crippen LogP contribution in [0.1, 0.15) is 25.8 Å². The van der Waals surface area contributed by atoms with Gasteiger partial charge in [0.1, 0.15) is 0 Å². The minimum atomic E-state index is -4.42. The Balaban J connectivity index is 0.000000770. The zero-order chi connectivity index (χ0) is 13.5. The van der Waals surface area contributed by atoms with Gasteiger partial charge in [0.05, 0.1) is 5.56 Å². The van der Waals surface area contributed by atoms with Crippen LogP contribution >= 0.6 is 0 Å². The summed E-state index contributed by atoms with van der Waals surface area (Å²) < 4.78 is 36.2. The van der Waals surface area contributed by atoms with Crippen LogP contribution in [0.15, 0.2) is 29.4 Å². The fraction of sp³-hybridized carbons (Fsp3) is 0.400. The summed E-state index contributed by atoms with van der Waals surface area (Å²) in [6.45, 7) is 4.25. The van der Waals surface area contributed by atoms with Crippen molar-refractivity contribution in [2.24, 2.45) is 5.09 Å². The lowest BCUT2D eigenvalue weighted by molar-refractivity contribution is -0.137. The van der Waals surface area contributed by atoms with Gasteiger partial charge in [-0.05, 0) is 5.46 Å². The number of alkyl halides is 3. The zero-order valence-corrected chi connectivity index (χ0v) is 9.53. The smallest absolute Gasteiger partial charge is 0.425 e. The third-order valence-electron chi connectivity index (χ3n) is 1.64. The molecule has 0 aliphatic rings. The largest absolute Gasteiger partial charge is 0.517 e.